The lowest BCUT2D eigenvalue weighted by atomic mass is 9.89. The van der Waals surface area contributed by atoms with Gasteiger partial charge in [0.05, 0.1) is 18.9 Å². The van der Waals surface area contributed by atoms with E-state index in [2.05, 4.69) is 48.1 Å². The molecule has 0 aliphatic carbocycles. The molecule has 5 nitrogen and oxygen atoms in total. The van der Waals surface area contributed by atoms with Gasteiger partial charge in [0, 0.05) is 42.9 Å². The SMILES string of the molecule is CCN1CCOC(CNCc2cn[nH]c2C(C)(C)C)C1. The molecule has 1 unspecified atom stereocenters. The summed E-state index contributed by atoms with van der Waals surface area (Å²) in [5.74, 6) is 0. The molecule has 114 valence electrons. The summed E-state index contributed by atoms with van der Waals surface area (Å²) in [4.78, 5) is 2.44. The van der Waals surface area contributed by atoms with Crippen LogP contribution in [-0.4, -0.2) is 54.0 Å². The normalized spacial score (nSPS) is 21.3. The number of likely N-dealkylation sites (N-methyl/N-ethyl adjacent to an activating group) is 1. The molecule has 2 heterocycles. The zero-order valence-electron chi connectivity index (χ0n) is 13.2. The molecule has 1 atom stereocenters. The van der Waals surface area contributed by atoms with E-state index in [1.807, 2.05) is 6.20 Å². The molecule has 5 heteroatoms. The Bertz CT molecular complexity index is 410. The average Bonchev–Trinajstić information content (AvgIpc) is 2.87. The van der Waals surface area contributed by atoms with Crippen LogP contribution in [0.4, 0.5) is 0 Å². The Balaban J connectivity index is 1.80. The Morgan fingerprint density at radius 1 is 1.50 bits per heavy atom. The first-order valence-corrected chi connectivity index (χ1v) is 7.58. The molecule has 0 aromatic carbocycles. The van der Waals surface area contributed by atoms with Gasteiger partial charge in [-0.05, 0) is 6.54 Å². The van der Waals surface area contributed by atoms with Crippen LogP contribution >= 0.6 is 0 Å². The van der Waals surface area contributed by atoms with Gasteiger partial charge in [0.15, 0.2) is 0 Å². The van der Waals surface area contributed by atoms with Gasteiger partial charge in [-0.1, -0.05) is 27.7 Å². The average molecular weight is 280 g/mol. The number of aromatic nitrogens is 2. The van der Waals surface area contributed by atoms with Crippen LogP contribution < -0.4 is 5.32 Å². The second kappa shape index (κ2) is 6.70. The fraction of sp³-hybridized carbons (Fsp3) is 0.800. The molecule has 1 aliphatic heterocycles. The molecular formula is C15H28N4O. The molecule has 1 aromatic rings. The number of nitrogens with zero attached hydrogens (tertiary/aromatic N) is 2. The van der Waals surface area contributed by atoms with Crippen molar-refractivity contribution in [2.45, 2.75) is 45.8 Å². The maximum Gasteiger partial charge on any atom is 0.0826 e. The summed E-state index contributed by atoms with van der Waals surface area (Å²) in [6, 6.07) is 0. The van der Waals surface area contributed by atoms with Gasteiger partial charge in [0.25, 0.3) is 0 Å². The minimum absolute atomic E-state index is 0.105. The molecule has 0 bridgehead atoms. The second-order valence-electron chi connectivity index (χ2n) is 6.54. The third-order valence-electron chi connectivity index (χ3n) is 3.83. The quantitative estimate of drug-likeness (QED) is 0.858. The zero-order chi connectivity index (χ0) is 14.6. The van der Waals surface area contributed by atoms with Crippen LogP contribution in [0.25, 0.3) is 0 Å². The lowest BCUT2D eigenvalue weighted by Gasteiger charge is -2.32. The van der Waals surface area contributed by atoms with E-state index < -0.39 is 0 Å². The lowest BCUT2D eigenvalue weighted by molar-refractivity contribution is -0.0253. The zero-order valence-corrected chi connectivity index (χ0v) is 13.2. The minimum Gasteiger partial charge on any atom is -0.374 e. The van der Waals surface area contributed by atoms with E-state index in [0.717, 1.165) is 39.3 Å². The van der Waals surface area contributed by atoms with Crippen LogP contribution in [0, 0.1) is 0 Å². The van der Waals surface area contributed by atoms with Crippen molar-refractivity contribution in [3.63, 3.8) is 0 Å². The van der Waals surface area contributed by atoms with Gasteiger partial charge in [0.1, 0.15) is 0 Å². The summed E-state index contributed by atoms with van der Waals surface area (Å²) >= 11 is 0. The Kier molecular flexibility index (Phi) is 5.18. The van der Waals surface area contributed by atoms with Crippen LogP contribution in [0.1, 0.15) is 39.0 Å². The van der Waals surface area contributed by atoms with Crippen molar-refractivity contribution in [3.8, 4) is 0 Å². The first-order chi connectivity index (χ1) is 9.50. The molecular weight excluding hydrogens is 252 g/mol. The Morgan fingerprint density at radius 2 is 2.30 bits per heavy atom. The van der Waals surface area contributed by atoms with Crippen molar-refractivity contribution < 1.29 is 4.74 Å². The molecule has 1 fully saturated rings. The van der Waals surface area contributed by atoms with E-state index in [-0.39, 0.29) is 5.41 Å². The lowest BCUT2D eigenvalue weighted by Crippen LogP contribution is -2.46. The number of hydrogen-bond acceptors (Lipinski definition) is 4. The number of rotatable bonds is 5. The molecule has 1 saturated heterocycles. The van der Waals surface area contributed by atoms with E-state index >= 15 is 0 Å². The first kappa shape index (κ1) is 15.5. The number of nitrogens with one attached hydrogen (secondary N) is 2. The van der Waals surface area contributed by atoms with Crippen LogP contribution in [0.5, 0.6) is 0 Å². The van der Waals surface area contributed by atoms with Crippen molar-refractivity contribution in [2.24, 2.45) is 0 Å². The van der Waals surface area contributed by atoms with Crippen molar-refractivity contribution in [1.82, 2.24) is 20.4 Å². The molecule has 0 saturated carbocycles. The van der Waals surface area contributed by atoms with E-state index in [4.69, 9.17) is 4.74 Å². The van der Waals surface area contributed by atoms with E-state index in [0.29, 0.717) is 6.10 Å². The number of ether oxygens (including phenoxy) is 1. The maximum absolute atomic E-state index is 5.80. The van der Waals surface area contributed by atoms with Crippen molar-refractivity contribution >= 4 is 0 Å². The monoisotopic (exact) mass is 280 g/mol. The molecule has 0 radical (unpaired) electrons. The predicted molar refractivity (Wildman–Crippen MR) is 80.8 cm³/mol. The molecule has 1 aliphatic rings. The molecule has 0 amide bonds. The van der Waals surface area contributed by atoms with Gasteiger partial charge in [-0.3, -0.25) is 10.00 Å². The maximum atomic E-state index is 5.80. The minimum atomic E-state index is 0.105. The smallest absolute Gasteiger partial charge is 0.0826 e. The third-order valence-corrected chi connectivity index (χ3v) is 3.83. The summed E-state index contributed by atoms with van der Waals surface area (Å²) in [7, 11) is 0. The first-order valence-electron chi connectivity index (χ1n) is 7.58. The van der Waals surface area contributed by atoms with Crippen LogP contribution in [-0.2, 0) is 16.7 Å². The van der Waals surface area contributed by atoms with E-state index in [9.17, 15) is 0 Å². The molecule has 20 heavy (non-hydrogen) atoms. The van der Waals surface area contributed by atoms with Gasteiger partial charge in [-0.2, -0.15) is 5.10 Å². The standard InChI is InChI=1S/C15H28N4O/c1-5-19-6-7-20-13(11-19)10-16-8-12-9-17-18-14(12)15(2,3)4/h9,13,16H,5-8,10-11H2,1-4H3,(H,17,18). The topological polar surface area (TPSA) is 53.2 Å². The highest BCUT2D eigenvalue weighted by atomic mass is 16.5. The van der Waals surface area contributed by atoms with Gasteiger partial charge in [-0.25, -0.2) is 0 Å². The number of H-pyrrole nitrogens is 1. The number of hydrogen-bond donors (Lipinski definition) is 2. The van der Waals surface area contributed by atoms with Crippen molar-refractivity contribution in [2.75, 3.05) is 32.8 Å². The Labute approximate surface area is 122 Å². The number of aromatic amines is 1. The van der Waals surface area contributed by atoms with Gasteiger partial charge < -0.3 is 10.1 Å². The summed E-state index contributed by atoms with van der Waals surface area (Å²) in [6.45, 7) is 14.6. The summed E-state index contributed by atoms with van der Waals surface area (Å²) in [5, 5.41) is 10.8. The Morgan fingerprint density at radius 3 is 3.00 bits per heavy atom. The third kappa shape index (κ3) is 4.04. The summed E-state index contributed by atoms with van der Waals surface area (Å²) in [6.07, 6.45) is 2.22. The van der Waals surface area contributed by atoms with Crippen LogP contribution in [0.3, 0.4) is 0 Å². The fourth-order valence-electron chi connectivity index (χ4n) is 2.65. The predicted octanol–water partition coefficient (Wildman–Crippen LogP) is 1.52. The summed E-state index contributed by atoms with van der Waals surface area (Å²) < 4.78 is 5.80. The van der Waals surface area contributed by atoms with Gasteiger partial charge in [0.2, 0.25) is 0 Å². The highest BCUT2D eigenvalue weighted by Crippen LogP contribution is 2.23. The molecule has 2 rings (SSSR count). The molecule has 1 aromatic heterocycles. The second-order valence-corrected chi connectivity index (χ2v) is 6.54. The van der Waals surface area contributed by atoms with E-state index in [1.54, 1.807) is 0 Å². The van der Waals surface area contributed by atoms with Gasteiger partial charge in [-0.15, -0.1) is 0 Å². The largest absolute Gasteiger partial charge is 0.374 e. The van der Waals surface area contributed by atoms with Gasteiger partial charge >= 0.3 is 0 Å². The highest BCUT2D eigenvalue weighted by Gasteiger charge is 2.21. The fourth-order valence-corrected chi connectivity index (χ4v) is 2.65. The van der Waals surface area contributed by atoms with Crippen molar-refractivity contribution in [1.29, 1.82) is 0 Å². The van der Waals surface area contributed by atoms with Crippen LogP contribution in [0.15, 0.2) is 6.20 Å². The van der Waals surface area contributed by atoms with Crippen molar-refractivity contribution in [3.05, 3.63) is 17.5 Å². The summed E-state index contributed by atoms with van der Waals surface area (Å²) in [5.41, 5.74) is 2.57. The molecule has 0 spiro atoms. The Hall–Kier alpha value is -0.910. The van der Waals surface area contributed by atoms with Crippen LogP contribution in [0.2, 0.25) is 0 Å². The highest BCUT2D eigenvalue weighted by molar-refractivity contribution is 5.23. The molecule has 2 N–H and O–H groups in total. The number of morpholine rings is 1. The van der Waals surface area contributed by atoms with E-state index in [1.165, 1.54) is 11.3 Å².